The largest absolute Gasteiger partial charge is 0.457 e. The first-order chi connectivity index (χ1) is 5.49. The highest BCUT2D eigenvalue weighted by atomic mass is 16.5. The van der Waals surface area contributed by atoms with Gasteiger partial charge in [-0.05, 0) is 20.3 Å². The zero-order valence-corrected chi connectivity index (χ0v) is 8.09. The van der Waals surface area contributed by atoms with E-state index in [2.05, 4.69) is 0 Å². The summed E-state index contributed by atoms with van der Waals surface area (Å²) >= 11 is 0. The quantitative estimate of drug-likeness (QED) is 0.477. The molecule has 0 aromatic heterocycles. The Morgan fingerprint density at radius 3 is 2.08 bits per heavy atom. The lowest BCUT2D eigenvalue weighted by Gasteiger charge is -2.09. The third kappa shape index (κ3) is 3.51. The number of ketones is 1. The minimum absolute atomic E-state index is 0.217. The van der Waals surface area contributed by atoms with Crippen molar-refractivity contribution in [2.24, 2.45) is 5.92 Å². The van der Waals surface area contributed by atoms with E-state index in [1.807, 2.05) is 6.92 Å². The molecule has 0 aliphatic carbocycles. The number of hydrogen-bond donors (Lipinski definition) is 0. The third-order valence-electron chi connectivity index (χ3n) is 1.60. The summed E-state index contributed by atoms with van der Waals surface area (Å²) in [4.78, 5) is 22.1. The summed E-state index contributed by atoms with van der Waals surface area (Å²) in [7, 11) is 0. The Morgan fingerprint density at radius 2 is 1.75 bits per heavy atom. The number of carbonyl (C=O) groups is 2. The molecule has 0 N–H and O–H groups in total. The molecule has 12 heavy (non-hydrogen) atoms. The first kappa shape index (κ1) is 11.1. The van der Waals surface area contributed by atoms with Gasteiger partial charge in [0.25, 0.3) is 0 Å². The summed E-state index contributed by atoms with van der Waals surface area (Å²) in [5.41, 5.74) is 0. The predicted molar refractivity (Wildman–Crippen MR) is 45.7 cm³/mol. The Bertz CT molecular complexity index is 173. The number of carbonyl (C=O) groups excluding carboxylic acids is 2. The lowest BCUT2D eigenvalue weighted by Crippen LogP contribution is -2.25. The number of Topliss-reactive ketones (excluding diaryl/α,β-unsaturated/α-hetero) is 1. The van der Waals surface area contributed by atoms with Gasteiger partial charge in [0.15, 0.2) is 0 Å². The van der Waals surface area contributed by atoms with Crippen molar-refractivity contribution in [3.63, 3.8) is 0 Å². The maximum atomic E-state index is 11.1. The monoisotopic (exact) mass is 172 g/mol. The fourth-order valence-corrected chi connectivity index (χ4v) is 0.659. The van der Waals surface area contributed by atoms with E-state index >= 15 is 0 Å². The van der Waals surface area contributed by atoms with Crippen molar-refractivity contribution in [1.82, 2.24) is 0 Å². The fourth-order valence-electron chi connectivity index (χ4n) is 0.659. The summed E-state index contributed by atoms with van der Waals surface area (Å²) in [5.74, 6) is -1.36. The maximum Gasteiger partial charge on any atom is 0.375 e. The first-order valence-electron chi connectivity index (χ1n) is 4.23. The number of esters is 1. The van der Waals surface area contributed by atoms with E-state index in [1.54, 1.807) is 20.8 Å². The molecule has 0 amide bonds. The summed E-state index contributed by atoms with van der Waals surface area (Å²) in [6.45, 7) is 7.04. The molecule has 0 saturated heterocycles. The van der Waals surface area contributed by atoms with Crippen LogP contribution < -0.4 is 0 Å². The van der Waals surface area contributed by atoms with Gasteiger partial charge in [0.2, 0.25) is 5.78 Å². The summed E-state index contributed by atoms with van der Waals surface area (Å²) in [6.07, 6.45) is 0.456. The molecule has 0 heterocycles. The van der Waals surface area contributed by atoms with E-state index in [9.17, 15) is 9.59 Å². The molecule has 0 aliphatic rings. The highest BCUT2D eigenvalue weighted by Crippen LogP contribution is 2.04. The molecule has 1 unspecified atom stereocenters. The molecular weight excluding hydrogens is 156 g/mol. The molecule has 3 heteroatoms. The van der Waals surface area contributed by atoms with Gasteiger partial charge in [-0.1, -0.05) is 13.8 Å². The van der Waals surface area contributed by atoms with Gasteiger partial charge in [0, 0.05) is 5.92 Å². The van der Waals surface area contributed by atoms with Gasteiger partial charge in [0.05, 0.1) is 6.10 Å². The van der Waals surface area contributed by atoms with Crippen molar-refractivity contribution < 1.29 is 14.3 Å². The van der Waals surface area contributed by atoms with E-state index in [0.29, 0.717) is 6.42 Å². The van der Waals surface area contributed by atoms with Crippen LogP contribution in [0.5, 0.6) is 0 Å². The number of hydrogen-bond acceptors (Lipinski definition) is 3. The molecule has 0 saturated carbocycles. The van der Waals surface area contributed by atoms with Crippen LogP contribution in [0.25, 0.3) is 0 Å². The summed E-state index contributed by atoms with van der Waals surface area (Å²) in [6, 6.07) is 0. The van der Waals surface area contributed by atoms with Crippen LogP contribution in [0.2, 0.25) is 0 Å². The van der Waals surface area contributed by atoms with Crippen molar-refractivity contribution in [2.75, 3.05) is 0 Å². The molecular formula is C9H16O3. The minimum atomic E-state index is -0.709. The van der Waals surface area contributed by atoms with Gasteiger partial charge in [-0.15, -0.1) is 0 Å². The van der Waals surface area contributed by atoms with Crippen molar-refractivity contribution in [2.45, 2.75) is 40.2 Å². The average Bonchev–Trinajstić information content (AvgIpc) is 2.00. The zero-order valence-electron chi connectivity index (χ0n) is 8.09. The first-order valence-corrected chi connectivity index (χ1v) is 4.23. The highest BCUT2D eigenvalue weighted by Gasteiger charge is 2.21. The fraction of sp³-hybridized carbons (Fsp3) is 0.778. The normalized spacial score (nSPS) is 12.8. The molecule has 3 nitrogen and oxygen atoms in total. The van der Waals surface area contributed by atoms with E-state index in [-0.39, 0.29) is 12.0 Å². The van der Waals surface area contributed by atoms with Crippen LogP contribution in [0.15, 0.2) is 0 Å². The molecule has 0 fully saturated rings. The second kappa shape index (κ2) is 4.91. The molecule has 0 bridgehead atoms. The Labute approximate surface area is 73.1 Å². The lowest BCUT2D eigenvalue weighted by atomic mass is 10.0. The van der Waals surface area contributed by atoms with Gasteiger partial charge in [0.1, 0.15) is 0 Å². The Morgan fingerprint density at radius 1 is 1.25 bits per heavy atom. The van der Waals surface area contributed by atoms with Gasteiger partial charge >= 0.3 is 5.97 Å². The van der Waals surface area contributed by atoms with Gasteiger partial charge in [-0.2, -0.15) is 0 Å². The highest BCUT2D eigenvalue weighted by molar-refractivity contribution is 6.34. The minimum Gasteiger partial charge on any atom is -0.457 e. The van der Waals surface area contributed by atoms with Crippen LogP contribution >= 0.6 is 0 Å². The van der Waals surface area contributed by atoms with E-state index in [0.717, 1.165) is 0 Å². The lowest BCUT2D eigenvalue weighted by molar-refractivity contribution is -0.158. The van der Waals surface area contributed by atoms with Crippen LogP contribution in [-0.2, 0) is 14.3 Å². The number of rotatable bonds is 4. The van der Waals surface area contributed by atoms with Crippen molar-refractivity contribution >= 4 is 11.8 Å². The smallest absolute Gasteiger partial charge is 0.375 e. The second-order valence-electron chi connectivity index (χ2n) is 3.13. The number of ether oxygens (including phenoxy) is 1. The molecule has 0 aliphatic heterocycles. The van der Waals surface area contributed by atoms with Crippen molar-refractivity contribution in [3.8, 4) is 0 Å². The zero-order chi connectivity index (χ0) is 9.72. The standard InChI is InChI=1S/C9H16O3/c1-5-7(4)8(10)9(11)12-6(2)3/h6-7H,5H2,1-4H3. The topological polar surface area (TPSA) is 43.4 Å². The SMILES string of the molecule is CCC(C)C(=O)C(=O)OC(C)C. The molecule has 0 aromatic rings. The predicted octanol–water partition coefficient (Wildman–Crippen LogP) is 1.55. The van der Waals surface area contributed by atoms with Gasteiger partial charge < -0.3 is 4.74 Å². The molecule has 0 rings (SSSR count). The molecule has 0 spiro atoms. The van der Waals surface area contributed by atoms with E-state index in [4.69, 9.17) is 4.74 Å². The van der Waals surface area contributed by atoms with Crippen LogP contribution in [0.1, 0.15) is 34.1 Å². The van der Waals surface area contributed by atoms with Gasteiger partial charge in [-0.3, -0.25) is 4.79 Å². The Hall–Kier alpha value is -0.860. The third-order valence-corrected chi connectivity index (χ3v) is 1.60. The summed E-state index contributed by atoms with van der Waals surface area (Å²) < 4.78 is 4.75. The molecule has 0 radical (unpaired) electrons. The Balaban J connectivity index is 4.02. The van der Waals surface area contributed by atoms with Crippen LogP contribution in [0.3, 0.4) is 0 Å². The average molecular weight is 172 g/mol. The Kier molecular flexibility index (Phi) is 4.55. The van der Waals surface area contributed by atoms with E-state index < -0.39 is 11.8 Å². The summed E-state index contributed by atoms with van der Waals surface area (Å²) in [5, 5.41) is 0. The van der Waals surface area contributed by atoms with Crippen molar-refractivity contribution in [3.05, 3.63) is 0 Å². The van der Waals surface area contributed by atoms with Crippen molar-refractivity contribution in [1.29, 1.82) is 0 Å². The second-order valence-corrected chi connectivity index (χ2v) is 3.13. The molecule has 1 atom stereocenters. The van der Waals surface area contributed by atoms with Crippen LogP contribution in [-0.4, -0.2) is 17.9 Å². The van der Waals surface area contributed by atoms with Crippen LogP contribution in [0, 0.1) is 5.92 Å². The van der Waals surface area contributed by atoms with Crippen LogP contribution in [0.4, 0.5) is 0 Å². The molecule has 0 aromatic carbocycles. The van der Waals surface area contributed by atoms with Gasteiger partial charge in [-0.25, -0.2) is 4.79 Å². The van der Waals surface area contributed by atoms with E-state index in [1.165, 1.54) is 0 Å². The molecule has 70 valence electrons. The maximum absolute atomic E-state index is 11.1.